The predicted molar refractivity (Wildman–Crippen MR) is 68.4 cm³/mol. The third-order valence-electron chi connectivity index (χ3n) is 2.46. The standard InChI is InChI=1S/C13H20ClNO/c1-13(2,3)10-5-6-12(11(14)9-10)16-8-7-15-4/h5-6,9,15H,7-8H2,1-4H3/p+1. The van der Waals surface area contributed by atoms with E-state index in [9.17, 15) is 0 Å². The summed E-state index contributed by atoms with van der Waals surface area (Å²) >= 11 is 6.18. The molecule has 1 rings (SSSR count). The first-order valence-electron chi connectivity index (χ1n) is 5.66. The van der Waals surface area contributed by atoms with E-state index < -0.39 is 0 Å². The molecule has 2 N–H and O–H groups in total. The molecule has 1 aromatic carbocycles. The summed E-state index contributed by atoms with van der Waals surface area (Å²) in [5.74, 6) is 0.775. The van der Waals surface area contributed by atoms with Crippen molar-refractivity contribution in [3.05, 3.63) is 28.8 Å². The zero-order valence-corrected chi connectivity index (χ0v) is 11.3. The maximum absolute atomic E-state index is 6.18. The van der Waals surface area contributed by atoms with Gasteiger partial charge in [0.15, 0.2) is 0 Å². The van der Waals surface area contributed by atoms with Crippen molar-refractivity contribution >= 4 is 11.6 Å². The molecule has 0 bridgehead atoms. The monoisotopic (exact) mass is 242 g/mol. The molecule has 0 aliphatic heterocycles. The molecule has 0 saturated carbocycles. The molecule has 2 nitrogen and oxygen atoms in total. The number of likely N-dealkylation sites (N-methyl/N-ethyl adjacent to an activating group) is 1. The lowest BCUT2D eigenvalue weighted by Gasteiger charge is -2.20. The van der Waals surface area contributed by atoms with Crippen LogP contribution in [0.1, 0.15) is 26.3 Å². The average Bonchev–Trinajstić information content (AvgIpc) is 2.19. The number of benzene rings is 1. The van der Waals surface area contributed by atoms with E-state index in [1.807, 2.05) is 19.2 Å². The largest absolute Gasteiger partial charge is 0.486 e. The summed E-state index contributed by atoms with van der Waals surface area (Å²) in [5.41, 5.74) is 1.35. The van der Waals surface area contributed by atoms with Crippen molar-refractivity contribution in [3.8, 4) is 5.75 Å². The van der Waals surface area contributed by atoms with Gasteiger partial charge in [-0.15, -0.1) is 0 Å². The second-order valence-corrected chi connectivity index (χ2v) is 5.35. The molecule has 0 unspecified atom stereocenters. The van der Waals surface area contributed by atoms with Gasteiger partial charge in [0.1, 0.15) is 18.9 Å². The molecule has 90 valence electrons. The van der Waals surface area contributed by atoms with Crippen LogP contribution in [0, 0.1) is 0 Å². The highest BCUT2D eigenvalue weighted by atomic mass is 35.5. The van der Waals surface area contributed by atoms with Gasteiger partial charge in [-0.05, 0) is 23.1 Å². The maximum atomic E-state index is 6.18. The second-order valence-electron chi connectivity index (χ2n) is 4.94. The fourth-order valence-corrected chi connectivity index (χ4v) is 1.61. The van der Waals surface area contributed by atoms with Crippen LogP contribution >= 0.6 is 11.6 Å². The van der Waals surface area contributed by atoms with Gasteiger partial charge in [0, 0.05) is 0 Å². The lowest BCUT2D eigenvalue weighted by atomic mass is 9.87. The van der Waals surface area contributed by atoms with Gasteiger partial charge in [-0.3, -0.25) is 0 Å². The lowest BCUT2D eigenvalue weighted by molar-refractivity contribution is -0.627. The minimum atomic E-state index is 0.124. The van der Waals surface area contributed by atoms with Gasteiger partial charge < -0.3 is 10.1 Å². The van der Waals surface area contributed by atoms with Crippen LogP contribution < -0.4 is 10.1 Å². The summed E-state index contributed by atoms with van der Waals surface area (Å²) in [7, 11) is 2.02. The summed E-state index contributed by atoms with van der Waals surface area (Å²) in [4.78, 5) is 0. The molecule has 0 aromatic heterocycles. The summed E-state index contributed by atoms with van der Waals surface area (Å²) in [5, 5.41) is 2.78. The van der Waals surface area contributed by atoms with Gasteiger partial charge in [0.05, 0.1) is 12.1 Å². The number of hydrogen-bond acceptors (Lipinski definition) is 1. The molecule has 0 radical (unpaired) electrons. The third-order valence-corrected chi connectivity index (χ3v) is 2.76. The molecule has 0 heterocycles. The molecule has 0 aliphatic rings. The number of quaternary nitrogens is 1. The van der Waals surface area contributed by atoms with Gasteiger partial charge in [-0.2, -0.15) is 0 Å². The van der Waals surface area contributed by atoms with E-state index in [0.29, 0.717) is 11.6 Å². The number of ether oxygens (including phenoxy) is 1. The van der Waals surface area contributed by atoms with E-state index in [2.05, 4.69) is 32.2 Å². The average molecular weight is 243 g/mol. The van der Waals surface area contributed by atoms with E-state index in [1.54, 1.807) is 0 Å². The highest BCUT2D eigenvalue weighted by molar-refractivity contribution is 6.32. The van der Waals surface area contributed by atoms with Crippen molar-refractivity contribution in [3.63, 3.8) is 0 Å². The molecular formula is C13H21ClNO+. The SMILES string of the molecule is C[NH2+]CCOc1ccc(C(C)(C)C)cc1Cl. The molecule has 0 amide bonds. The van der Waals surface area contributed by atoms with Crippen molar-refractivity contribution in [1.82, 2.24) is 0 Å². The highest BCUT2D eigenvalue weighted by Gasteiger charge is 2.15. The van der Waals surface area contributed by atoms with E-state index in [-0.39, 0.29) is 5.41 Å². The van der Waals surface area contributed by atoms with E-state index in [0.717, 1.165) is 12.3 Å². The van der Waals surface area contributed by atoms with Crippen molar-refractivity contribution in [2.45, 2.75) is 26.2 Å². The smallest absolute Gasteiger partial charge is 0.138 e. The summed E-state index contributed by atoms with van der Waals surface area (Å²) < 4.78 is 5.58. The molecule has 0 saturated heterocycles. The maximum Gasteiger partial charge on any atom is 0.138 e. The first-order chi connectivity index (χ1) is 7.45. The fraction of sp³-hybridized carbons (Fsp3) is 0.538. The molecule has 0 aliphatic carbocycles. The number of rotatable bonds is 4. The van der Waals surface area contributed by atoms with Crippen LogP contribution in [-0.4, -0.2) is 20.2 Å². The van der Waals surface area contributed by atoms with E-state index in [4.69, 9.17) is 16.3 Å². The lowest BCUT2D eigenvalue weighted by Crippen LogP contribution is -2.80. The Balaban J connectivity index is 2.76. The zero-order chi connectivity index (χ0) is 12.2. The van der Waals surface area contributed by atoms with E-state index in [1.165, 1.54) is 5.56 Å². The Morgan fingerprint density at radius 3 is 2.50 bits per heavy atom. The predicted octanol–water partition coefficient (Wildman–Crippen LogP) is 2.21. The number of hydrogen-bond donors (Lipinski definition) is 1. The van der Waals surface area contributed by atoms with Gasteiger partial charge >= 0.3 is 0 Å². The fourth-order valence-electron chi connectivity index (χ4n) is 1.37. The Bertz CT molecular complexity index is 344. The van der Waals surface area contributed by atoms with Crippen LogP contribution in [0.15, 0.2) is 18.2 Å². The first kappa shape index (κ1) is 13.3. The van der Waals surface area contributed by atoms with Crippen LogP contribution in [0.5, 0.6) is 5.75 Å². The van der Waals surface area contributed by atoms with Crippen molar-refractivity contribution in [1.29, 1.82) is 0 Å². The second kappa shape index (κ2) is 5.55. The van der Waals surface area contributed by atoms with Crippen LogP contribution in [0.2, 0.25) is 5.02 Å². The minimum Gasteiger partial charge on any atom is -0.486 e. The minimum absolute atomic E-state index is 0.124. The van der Waals surface area contributed by atoms with Gasteiger partial charge in [0.25, 0.3) is 0 Å². The van der Waals surface area contributed by atoms with Crippen molar-refractivity contribution in [2.24, 2.45) is 0 Å². The van der Waals surface area contributed by atoms with Crippen molar-refractivity contribution < 1.29 is 10.1 Å². The molecular weight excluding hydrogens is 222 g/mol. The van der Waals surface area contributed by atoms with Crippen LogP contribution in [0.4, 0.5) is 0 Å². The van der Waals surface area contributed by atoms with Gasteiger partial charge in [0.2, 0.25) is 0 Å². The van der Waals surface area contributed by atoms with Crippen LogP contribution in [0.25, 0.3) is 0 Å². The Morgan fingerprint density at radius 2 is 2.00 bits per heavy atom. The molecule has 0 fully saturated rings. The Labute approximate surface area is 103 Å². The summed E-state index contributed by atoms with van der Waals surface area (Å²) in [6.07, 6.45) is 0. The van der Waals surface area contributed by atoms with Crippen molar-refractivity contribution in [2.75, 3.05) is 20.2 Å². The Kier molecular flexibility index (Phi) is 4.63. The number of halogens is 1. The van der Waals surface area contributed by atoms with Gasteiger partial charge in [-0.1, -0.05) is 38.4 Å². The highest BCUT2D eigenvalue weighted by Crippen LogP contribution is 2.30. The topological polar surface area (TPSA) is 25.8 Å². The van der Waals surface area contributed by atoms with Crippen LogP contribution in [0.3, 0.4) is 0 Å². The Hall–Kier alpha value is -0.730. The number of nitrogens with two attached hydrogens (primary N) is 1. The quantitative estimate of drug-likeness (QED) is 0.805. The van der Waals surface area contributed by atoms with Gasteiger partial charge in [-0.25, -0.2) is 0 Å². The first-order valence-corrected chi connectivity index (χ1v) is 6.03. The molecule has 1 aromatic rings. The molecule has 16 heavy (non-hydrogen) atoms. The Morgan fingerprint density at radius 1 is 1.31 bits per heavy atom. The molecule has 3 heteroatoms. The van der Waals surface area contributed by atoms with Crippen LogP contribution in [-0.2, 0) is 5.41 Å². The van der Waals surface area contributed by atoms with E-state index >= 15 is 0 Å². The summed E-state index contributed by atoms with van der Waals surface area (Å²) in [6.45, 7) is 8.14. The molecule has 0 atom stereocenters. The molecule has 0 spiro atoms. The third kappa shape index (κ3) is 3.69. The summed E-state index contributed by atoms with van der Waals surface area (Å²) in [6, 6.07) is 6.03. The normalized spacial score (nSPS) is 11.6. The zero-order valence-electron chi connectivity index (χ0n) is 10.5.